The van der Waals surface area contributed by atoms with Crippen LogP contribution >= 0.6 is 0 Å². The van der Waals surface area contributed by atoms with Crippen LogP contribution in [0.5, 0.6) is 5.75 Å². The topological polar surface area (TPSA) is 46.5 Å². The van der Waals surface area contributed by atoms with Gasteiger partial charge in [-0.05, 0) is 55.9 Å². The fourth-order valence-electron chi connectivity index (χ4n) is 2.70. The van der Waals surface area contributed by atoms with Crippen LogP contribution in [0, 0.1) is 19.3 Å². The lowest BCUT2D eigenvalue weighted by atomic mass is 9.65. The van der Waals surface area contributed by atoms with Crippen molar-refractivity contribution in [2.45, 2.75) is 39.5 Å². The van der Waals surface area contributed by atoms with Crippen molar-refractivity contribution in [2.75, 3.05) is 7.11 Å². The van der Waals surface area contributed by atoms with Gasteiger partial charge in [0.15, 0.2) is 0 Å². The van der Waals surface area contributed by atoms with Gasteiger partial charge < -0.3 is 9.84 Å². The maximum Gasteiger partial charge on any atom is 0.309 e. The molecule has 1 aliphatic rings. The minimum Gasteiger partial charge on any atom is -0.496 e. The van der Waals surface area contributed by atoms with E-state index in [1.165, 1.54) is 0 Å². The van der Waals surface area contributed by atoms with E-state index in [9.17, 15) is 9.90 Å². The maximum atomic E-state index is 11.4. The van der Waals surface area contributed by atoms with Crippen molar-refractivity contribution in [3.63, 3.8) is 0 Å². The summed E-state index contributed by atoms with van der Waals surface area (Å²) < 4.78 is 5.28. The van der Waals surface area contributed by atoms with E-state index < -0.39 is 11.4 Å². The van der Waals surface area contributed by atoms with Crippen molar-refractivity contribution in [3.8, 4) is 5.75 Å². The Hall–Kier alpha value is -1.51. The highest BCUT2D eigenvalue weighted by Crippen LogP contribution is 2.44. The lowest BCUT2D eigenvalue weighted by molar-refractivity contribution is -0.154. The largest absolute Gasteiger partial charge is 0.496 e. The smallest absolute Gasteiger partial charge is 0.309 e. The molecule has 1 saturated carbocycles. The summed E-state index contributed by atoms with van der Waals surface area (Å²) in [5.74, 6) is 0.218. The van der Waals surface area contributed by atoms with Crippen LogP contribution in [0.4, 0.5) is 0 Å². The van der Waals surface area contributed by atoms with Crippen LogP contribution in [-0.2, 0) is 11.2 Å². The van der Waals surface area contributed by atoms with Crippen molar-refractivity contribution in [2.24, 2.45) is 5.41 Å². The summed E-state index contributed by atoms with van der Waals surface area (Å²) in [6, 6.07) is 3.94. The summed E-state index contributed by atoms with van der Waals surface area (Å²) in [5, 5.41) is 9.38. The second kappa shape index (κ2) is 4.63. The van der Waals surface area contributed by atoms with E-state index in [2.05, 4.69) is 0 Å². The predicted octanol–water partition coefficient (Wildman–Crippen LogP) is 3.11. The number of hydrogen-bond donors (Lipinski definition) is 1. The molecule has 0 amide bonds. The van der Waals surface area contributed by atoms with Crippen LogP contribution in [0.2, 0.25) is 0 Å². The van der Waals surface area contributed by atoms with Crippen molar-refractivity contribution in [1.82, 2.24) is 0 Å². The molecule has 1 aliphatic carbocycles. The zero-order valence-corrected chi connectivity index (χ0v) is 11.2. The fourth-order valence-corrected chi connectivity index (χ4v) is 2.70. The Labute approximate surface area is 108 Å². The number of carbonyl (C=O) groups is 1. The first-order valence-corrected chi connectivity index (χ1v) is 6.37. The molecule has 0 unspecified atom stereocenters. The van der Waals surface area contributed by atoms with Crippen molar-refractivity contribution >= 4 is 5.97 Å². The number of carboxylic acids is 1. The van der Waals surface area contributed by atoms with Gasteiger partial charge in [0.1, 0.15) is 5.75 Å². The van der Waals surface area contributed by atoms with Crippen molar-refractivity contribution in [1.29, 1.82) is 0 Å². The summed E-state index contributed by atoms with van der Waals surface area (Å²) >= 11 is 0. The Balaban J connectivity index is 2.30. The molecule has 18 heavy (non-hydrogen) atoms. The van der Waals surface area contributed by atoms with Crippen LogP contribution in [0.15, 0.2) is 12.1 Å². The van der Waals surface area contributed by atoms with Crippen LogP contribution in [0.1, 0.15) is 36.0 Å². The van der Waals surface area contributed by atoms with E-state index in [0.717, 1.165) is 41.7 Å². The monoisotopic (exact) mass is 248 g/mol. The third kappa shape index (κ3) is 1.98. The highest BCUT2D eigenvalue weighted by molar-refractivity contribution is 5.76. The molecule has 0 radical (unpaired) electrons. The van der Waals surface area contributed by atoms with Gasteiger partial charge in [-0.3, -0.25) is 4.79 Å². The third-order valence-electron chi connectivity index (χ3n) is 4.36. The molecular weight excluding hydrogens is 228 g/mol. The van der Waals surface area contributed by atoms with Gasteiger partial charge in [0.2, 0.25) is 0 Å². The number of aliphatic carboxylic acids is 1. The van der Waals surface area contributed by atoms with E-state index in [1.807, 2.05) is 26.0 Å². The first kappa shape index (κ1) is 12.9. The number of methoxy groups -OCH3 is 1. The Morgan fingerprint density at radius 3 is 2.44 bits per heavy atom. The molecule has 0 bridgehead atoms. The average molecular weight is 248 g/mol. The average Bonchev–Trinajstić information content (AvgIpc) is 2.28. The first-order valence-electron chi connectivity index (χ1n) is 6.37. The molecule has 1 aromatic carbocycles. The molecule has 1 fully saturated rings. The SMILES string of the molecule is COc1ccc(CC2(C(=O)O)CCC2)c(C)c1C. The second-order valence-electron chi connectivity index (χ2n) is 5.29. The maximum absolute atomic E-state index is 11.4. The molecule has 2 rings (SSSR count). The molecule has 98 valence electrons. The van der Waals surface area contributed by atoms with E-state index in [-0.39, 0.29) is 0 Å². The molecule has 1 N–H and O–H groups in total. The Morgan fingerprint density at radius 2 is 2.00 bits per heavy atom. The summed E-state index contributed by atoms with van der Waals surface area (Å²) in [4.78, 5) is 11.4. The summed E-state index contributed by atoms with van der Waals surface area (Å²) in [5.41, 5.74) is 2.87. The molecule has 3 nitrogen and oxygen atoms in total. The predicted molar refractivity (Wildman–Crippen MR) is 70.1 cm³/mol. The quantitative estimate of drug-likeness (QED) is 0.890. The second-order valence-corrected chi connectivity index (χ2v) is 5.29. The number of rotatable bonds is 4. The Morgan fingerprint density at radius 1 is 1.33 bits per heavy atom. The lowest BCUT2D eigenvalue weighted by Crippen LogP contribution is -2.40. The highest BCUT2D eigenvalue weighted by atomic mass is 16.5. The van der Waals surface area contributed by atoms with Gasteiger partial charge in [-0.2, -0.15) is 0 Å². The lowest BCUT2D eigenvalue weighted by Gasteiger charge is -2.38. The fraction of sp³-hybridized carbons (Fsp3) is 0.533. The number of carboxylic acid groups (broad SMARTS) is 1. The van der Waals surface area contributed by atoms with Gasteiger partial charge >= 0.3 is 5.97 Å². The normalized spacial score (nSPS) is 17.1. The van der Waals surface area contributed by atoms with Crippen LogP contribution in [-0.4, -0.2) is 18.2 Å². The van der Waals surface area contributed by atoms with Crippen LogP contribution in [0.3, 0.4) is 0 Å². The molecule has 1 aromatic rings. The van der Waals surface area contributed by atoms with Gasteiger partial charge in [0.05, 0.1) is 12.5 Å². The van der Waals surface area contributed by atoms with Gasteiger partial charge in [-0.15, -0.1) is 0 Å². The van der Waals surface area contributed by atoms with Crippen molar-refractivity contribution < 1.29 is 14.6 Å². The summed E-state index contributed by atoms with van der Waals surface area (Å²) in [6.07, 6.45) is 3.26. The molecular formula is C15H20O3. The van der Waals surface area contributed by atoms with Gasteiger partial charge in [0, 0.05) is 0 Å². The minimum atomic E-state index is -0.651. The molecule has 0 aliphatic heterocycles. The van der Waals surface area contributed by atoms with Gasteiger partial charge in [-0.25, -0.2) is 0 Å². The summed E-state index contributed by atoms with van der Waals surface area (Å²) in [6.45, 7) is 4.06. The van der Waals surface area contributed by atoms with Gasteiger partial charge in [0.25, 0.3) is 0 Å². The number of benzene rings is 1. The first-order chi connectivity index (χ1) is 8.50. The van der Waals surface area contributed by atoms with E-state index in [1.54, 1.807) is 7.11 Å². The molecule has 0 saturated heterocycles. The standard InChI is InChI=1S/C15H20O3/c1-10-11(2)13(18-3)6-5-12(10)9-15(14(16)17)7-4-8-15/h5-6H,4,7-9H2,1-3H3,(H,16,17). The molecule has 0 atom stereocenters. The highest BCUT2D eigenvalue weighted by Gasteiger charge is 2.44. The van der Waals surface area contributed by atoms with E-state index in [0.29, 0.717) is 6.42 Å². The van der Waals surface area contributed by atoms with Gasteiger partial charge in [-0.1, -0.05) is 12.5 Å². The van der Waals surface area contributed by atoms with E-state index >= 15 is 0 Å². The van der Waals surface area contributed by atoms with Crippen LogP contribution < -0.4 is 4.74 Å². The summed E-state index contributed by atoms with van der Waals surface area (Å²) in [7, 11) is 1.66. The molecule has 0 spiro atoms. The molecule has 3 heteroatoms. The minimum absolute atomic E-state index is 0.522. The Bertz CT molecular complexity index is 473. The van der Waals surface area contributed by atoms with Crippen molar-refractivity contribution in [3.05, 3.63) is 28.8 Å². The third-order valence-corrected chi connectivity index (χ3v) is 4.36. The number of ether oxygens (including phenoxy) is 1. The zero-order chi connectivity index (χ0) is 13.3. The molecule has 0 heterocycles. The van der Waals surface area contributed by atoms with E-state index in [4.69, 9.17) is 4.74 Å². The van der Waals surface area contributed by atoms with Crippen LogP contribution in [0.25, 0.3) is 0 Å². The zero-order valence-electron chi connectivity index (χ0n) is 11.2. The Kier molecular flexibility index (Phi) is 3.33. The number of hydrogen-bond acceptors (Lipinski definition) is 2. The molecule has 0 aromatic heterocycles.